The second-order valence-electron chi connectivity index (χ2n) is 7.47. The number of ether oxygens (including phenoxy) is 1. The lowest BCUT2D eigenvalue weighted by Gasteiger charge is -2.10. The number of nitrogens with two attached hydrogens (primary N) is 1. The van der Waals surface area contributed by atoms with Gasteiger partial charge in [-0.3, -0.25) is 19.7 Å². The highest BCUT2D eigenvalue weighted by molar-refractivity contribution is 7.15. The molecule has 1 heterocycles. The first-order valence-corrected chi connectivity index (χ1v) is 10.9. The molecular weight excluding hydrogens is 458 g/mol. The van der Waals surface area contributed by atoms with E-state index in [4.69, 9.17) is 10.5 Å². The summed E-state index contributed by atoms with van der Waals surface area (Å²) in [6.45, 7) is 3.13. The van der Waals surface area contributed by atoms with E-state index in [1.54, 1.807) is 19.2 Å². The third kappa shape index (κ3) is 5.73. The molecule has 0 radical (unpaired) electrons. The van der Waals surface area contributed by atoms with Gasteiger partial charge in [0.25, 0.3) is 5.69 Å². The summed E-state index contributed by atoms with van der Waals surface area (Å²) < 4.78 is 5.41. The largest absolute Gasteiger partial charge is 0.457 e. The molecule has 0 saturated carbocycles. The molecule has 0 aliphatic heterocycles. The highest BCUT2D eigenvalue weighted by atomic mass is 32.1. The van der Waals surface area contributed by atoms with Crippen LogP contribution in [-0.4, -0.2) is 22.7 Å². The van der Waals surface area contributed by atoms with Crippen LogP contribution < -0.4 is 11.1 Å². The van der Waals surface area contributed by atoms with Crippen molar-refractivity contribution in [1.82, 2.24) is 0 Å². The Morgan fingerprint density at radius 1 is 1.15 bits per heavy atom. The SMILES string of the molecule is CC(C)=CC(=O)Nc1scc(-c2ccccc2)c1C(=O)OCc1ccc(C(N)=O)cc1[N+](=O)[O-]. The average molecular weight is 480 g/mol. The molecule has 10 heteroatoms. The van der Waals surface area contributed by atoms with Crippen LogP contribution >= 0.6 is 11.3 Å². The number of carbonyl (C=O) groups is 3. The van der Waals surface area contributed by atoms with Crippen molar-refractivity contribution < 1.29 is 24.0 Å². The Morgan fingerprint density at radius 3 is 2.47 bits per heavy atom. The molecule has 3 rings (SSSR count). The molecule has 0 saturated heterocycles. The maximum atomic E-state index is 13.1. The highest BCUT2D eigenvalue weighted by Crippen LogP contribution is 2.36. The first kappa shape index (κ1) is 24.3. The van der Waals surface area contributed by atoms with Crippen LogP contribution in [0.2, 0.25) is 0 Å². The van der Waals surface area contributed by atoms with Crippen LogP contribution in [0.25, 0.3) is 11.1 Å². The summed E-state index contributed by atoms with van der Waals surface area (Å²) in [7, 11) is 0. The minimum absolute atomic E-state index is 0.0322. The number of thiophene rings is 1. The molecular formula is C24H21N3O6S. The van der Waals surface area contributed by atoms with Crippen LogP contribution in [0.3, 0.4) is 0 Å². The van der Waals surface area contributed by atoms with Crippen LogP contribution in [-0.2, 0) is 16.1 Å². The van der Waals surface area contributed by atoms with Crippen molar-refractivity contribution in [2.45, 2.75) is 20.5 Å². The molecule has 0 spiro atoms. The molecule has 9 nitrogen and oxygen atoms in total. The van der Waals surface area contributed by atoms with Gasteiger partial charge in [-0.05, 0) is 31.5 Å². The second-order valence-corrected chi connectivity index (χ2v) is 8.35. The summed E-state index contributed by atoms with van der Waals surface area (Å²) in [5.41, 5.74) is 7.09. The fourth-order valence-corrected chi connectivity index (χ4v) is 4.08. The Balaban J connectivity index is 1.94. The first-order chi connectivity index (χ1) is 16.2. The Kier molecular flexibility index (Phi) is 7.54. The summed E-state index contributed by atoms with van der Waals surface area (Å²) in [6, 6.07) is 12.8. The lowest BCUT2D eigenvalue weighted by atomic mass is 10.0. The van der Waals surface area contributed by atoms with Gasteiger partial charge < -0.3 is 15.8 Å². The first-order valence-electron chi connectivity index (χ1n) is 10.0. The summed E-state index contributed by atoms with van der Waals surface area (Å²) >= 11 is 1.17. The number of primary amides is 1. The van der Waals surface area contributed by atoms with Gasteiger partial charge in [-0.25, -0.2) is 4.79 Å². The third-order valence-electron chi connectivity index (χ3n) is 4.66. The van der Waals surface area contributed by atoms with E-state index in [9.17, 15) is 24.5 Å². The molecule has 2 aromatic carbocycles. The summed E-state index contributed by atoms with van der Waals surface area (Å²) in [5.74, 6) is -1.97. The number of rotatable bonds is 8. The maximum absolute atomic E-state index is 13.1. The van der Waals surface area contributed by atoms with E-state index in [-0.39, 0.29) is 16.7 Å². The number of amides is 2. The van der Waals surface area contributed by atoms with Crippen LogP contribution in [0.1, 0.15) is 40.1 Å². The lowest BCUT2D eigenvalue weighted by Crippen LogP contribution is -2.14. The molecule has 0 atom stereocenters. The Labute approximate surface area is 199 Å². The Bertz CT molecular complexity index is 1290. The molecule has 0 unspecified atom stereocenters. The zero-order chi connectivity index (χ0) is 24.8. The number of hydrogen-bond acceptors (Lipinski definition) is 7. The van der Waals surface area contributed by atoms with E-state index >= 15 is 0 Å². The minimum atomic E-state index is -0.811. The van der Waals surface area contributed by atoms with E-state index in [2.05, 4.69) is 5.32 Å². The van der Waals surface area contributed by atoms with E-state index in [0.717, 1.165) is 17.2 Å². The molecule has 0 aliphatic rings. The number of hydrogen-bond donors (Lipinski definition) is 2. The predicted octanol–water partition coefficient (Wildman–Crippen LogP) is 4.68. The molecule has 34 heavy (non-hydrogen) atoms. The van der Waals surface area contributed by atoms with E-state index in [1.165, 1.54) is 29.5 Å². The quantitative estimate of drug-likeness (QED) is 0.208. The van der Waals surface area contributed by atoms with Crippen LogP contribution in [0.4, 0.5) is 10.7 Å². The number of carbonyl (C=O) groups excluding carboxylic acids is 3. The molecule has 0 bridgehead atoms. The molecule has 0 aliphatic carbocycles. The lowest BCUT2D eigenvalue weighted by molar-refractivity contribution is -0.385. The van der Waals surface area contributed by atoms with Crippen LogP contribution in [0.5, 0.6) is 0 Å². The fraction of sp³-hybridized carbons (Fsp3) is 0.125. The number of allylic oxidation sites excluding steroid dienone is 1. The van der Waals surface area contributed by atoms with Crippen molar-refractivity contribution in [3.05, 3.63) is 92.4 Å². The van der Waals surface area contributed by atoms with E-state index in [0.29, 0.717) is 10.6 Å². The minimum Gasteiger partial charge on any atom is -0.457 e. The fourth-order valence-electron chi connectivity index (χ4n) is 3.12. The number of anilines is 1. The Morgan fingerprint density at radius 2 is 1.85 bits per heavy atom. The molecule has 3 aromatic rings. The maximum Gasteiger partial charge on any atom is 0.342 e. The number of nitrogens with one attached hydrogen (secondary N) is 1. The summed E-state index contributed by atoms with van der Waals surface area (Å²) in [4.78, 5) is 47.5. The molecule has 0 fully saturated rings. The second kappa shape index (κ2) is 10.5. The number of benzene rings is 2. The van der Waals surface area contributed by atoms with E-state index < -0.39 is 35.0 Å². The smallest absolute Gasteiger partial charge is 0.342 e. The molecule has 1 aromatic heterocycles. The van der Waals surface area contributed by atoms with Gasteiger partial charge in [0.1, 0.15) is 17.2 Å². The molecule has 3 N–H and O–H groups in total. The number of nitro groups is 1. The number of nitrogens with zero attached hydrogens (tertiary/aromatic N) is 1. The van der Waals surface area contributed by atoms with Crippen molar-refractivity contribution in [1.29, 1.82) is 0 Å². The van der Waals surface area contributed by atoms with Crippen molar-refractivity contribution >= 4 is 39.8 Å². The van der Waals surface area contributed by atoms with Crippen molar-refractivity contribution in [2.75, 3.05) is 5.32 Å². The van der Waals surface area contributed by atoms with Gasteiger partial charge in [0.05, 0.1) is 10.5 Å². The normalized spacial score (nSPS) is 10.3. The van der Waals surface area contributed by atoms with Gasteiger partial charge in [0, 0.05) is 28.6 Å². The predicted molar refractivity (Wildman–Crippen MR) is 129 cm³/mol. The highest BCUT2D eigenvalue weighted by Gasteiger charge is 2.24. The van der Waals surface area contributed by atoms with Gasteiger partial charge in [0.15, 0.2) is 0 Å². The van der Waals surface area contributed by atoms with Gasteiger partial charge in [0.2, 0.25) is 11.8 Å². The molecule has 2 amide bonds. The number of nitro benzene ring substituents is 1. The monoisotopic (exact) mass is 479 g/mol. The Hall–Kier alpha value is -4.31. The standard InChI is InChI=1S/C24H21N3O6S/c1-14(2)10-20(28)26-23-21(18(13-34-23)15-6-4-3-5-7-15)24(30)33-12-17-9-8-16(22(25)29)11-19(17)27(31)32/h3-11,13H,12H2,1-2H3,(H2,25,29)(H,26,28). The van der Waals surface area contributed by atoms with Crippen molar-refractivity contribution in [3.8, 4) is 11.1 Å². The van der Waals surface area contributed by atoms with Crippen LogP contribution in [0, 0.1) is 10.1 Å². The number of esters is 1. The van der Waals surface area contributed by atoms with Gasteiger partial charge in [-0.1, -0.05) is 35.9 Å². The third-order valence-corrected chi connectivity index (χ3v) is 5.56. The van der Waals surface area contributed by atoms with Gasteiger partial charge in [-0.2, -0.15) is 0 Å². The summed E-state index contributed by atoms with van der Waals surface area (Å²) in [6.07, 6.45) is 1.40. The van der Waals surface area contributed by atoms with Crippen molar-refractivity contribution in [2.24, 2.45) is 5.73 Å². The van der Waals surface area contributed by atoms with Crippen LogP contribution in [0.15, 0.2) is 65.6 Å². The van der Waals surface area contributed by atoms with Gasteiger partial charge in [-0.15, -0.1) is 11.3 Å². The zero-order valence-electron chi connectivity index (χ0n) is 18.4. The van der Waals surface area contributed by atoms with E-state index in [1.807, 2.05) is 30.3 Å². The average Bonchev–Trinajstić information content (AvgIpc) is 3.20. The zero-order valence-corrected chi connectivity index (χ0v) is 19.2. The van der Waals surface area contributed by atoms with Gasteiger partial charge >= 0.3 is 5.97 Å². The topological polar surface area (TPSA) is 142 Å². The summed E-state index contributed by atoms with van der Waals surface area (Å²) in [5, 5.41) is 16.2. The molecule has 174 valence electrons. The van der Waals surface area contributed by atoms with Crippen molar-refractivity contribution in [3.63, 3.8) is 0 Å².